The molecule has 0 heterocycles. The second-order valence-corrected chi connectivity index (χ2v) is 2.32. The zero-order valence-electron chi connectivity index (χ0n) is 5.93. The minimum atomic E-state index is 0.0417. The molecule has 0 radical (unpaired) electrons. The van der Waals surface area contributed by atoms with Crippen LogP contribution >= 0.6 is 0 Å². The third kappa shape index (κ3) is 18.0. The number of nitrogens with zero attached hydrogens (tertiary/aromatic N) is 1. The topological polar surface area (TPSA) is 33.0 Å². The first-order valence-corrected chi connectivity index (χ1v) is 2.37. The smallest absolute Gasteiger partial charge is 0.0594 e. The summed E-state index contributed by atoms with van der Waals surface area (Å²) in [6, 6.07) is 0. The molecule has 0 rings (SSSR count). The van der Waals surface area contributed by atoms with E-state index < -0.39 is 0 Å². The summed E-state index contributed by atoms with van der Waals surface area (Å²) in [5.41, 5.74) is 0.0417. The molecule has 0 atom stereocenters. The molecular weight excluding hydrogens is 102 g/mol. The molecule has 0 unspecified atom stereocenters. The summed E-state index contributed by atoms with van der Waals surface area (Å²) in [5, 5.41) is 6.50. The highest BCUT2D eigenvalue weighted by molar-refractivity contribution is 4.55. The van der Waals surface area contributed by atoms with Crippen molar-refractivity contribution in [3.63, 3.8) is 0 Å². The maximum atomic E-state index is 6.50. The Hall–Kier alpha value is -0.550. The zero-order chi connectivity index (χ0) is 7.21. The van der Waals surface area contributed by atoms with E-state index in [2.05, 4.69) is 6.57 Å². The highest BCUT2D eigenvalue weighted by atomic mass is 16.5. The van der Waals surface area contributed by atoms with Crippen LogP contribution in [0.1, 0.15) is 20.8 Å². The van der Waals surface area contributed by atoms with Gasteiger partial charge in [-0.3, -0.25) is 0 Å². The summed E-state index contributed by atoms with van der Waals surface area (Å²) in [7, 11) is 1.71. The molecule has 0 fully saturated rings. The van der Waals surface area contributed by atoms with Crippen LogP contribution in [0.2, 0.25) is 0 Å². The molecule has 0 saturated carbocycles. The molecule has 0 aromatic heterocycles. The van der Waals surface area contributed by atoms with Crippen LogP contribution in [0.3, 0.4) is 0 Å². The molecule has 48 valence electrons. The molecule has 0 amide bonds. The molecule has 0 saturated heterocycles. The summed E-state index contributed by atoms with van der Waals surface area (Å²) >= 11 is 0. The van der Waals surface area contributed by atoms with Crippen LogP contribution in [0.5, 0.6) is 0 Å². The van der Waals surface area contributed by atoms with Gasteiger partial charge >= 0.3 is 0 Å². The molecule has 0 aliphatic rings. The fourth-order valence-corrected chi connectivity index (χ4v) is 0. The van der Waals surface area contributed by atoms with Gasteiger partial charge in [0.1, 0.15) is 0 Å². The number of rotatable bonds is 0. The second-order valence-electron chi connectivity index (χ2n) is 2.32. The van der Waals surface area contributed by atoms with Gasteiger partial charge in [0, 0.05) is 13.7 Å². The van der Waals surface area contributed by atoms with Gasteiger partial charge in [0.05, 0.1) is 5.60 Å². The average Bonchev–Trinajstić information content (AvgIpc) is 1.71. The van der Waals surface area contributed by atoms with Gasteiger partial charge in [-0.05, 0) is 20.8 Å². The Bertz CT molecular complexity index is 60.7. The molecule has 2 nitrogen and oxygen atoms in total. The summed E-state index contributed by atoms with van der Waals surface area (Å²) < 4.78 is 4.94. The number of hydrogen-bond acceptors (Lipinski definition) is 2. The first-order valence-electron chi connectivity index (χ1n) is 2.37. The van der Waals surface area contributed by atoms with E-state index in [9.17, 15) is 0 Å². The van der Waals surface area contributed by atoms with Crippen LogP contribution in [0.25, 0.3) is 0 Å². The van der Waals surface area contributed by atoms with Crippen molar-refractivity contribution in [1.82, 2.24) is 0 Å². The van der Waals surface area contributed by atoms with E-state index in [1.807, 2.05) is 20.8 Å². The maximum absolute atomic E-state index is 6.50. The van der Waals surface area contributed by atoms with Gasteiger partial charge in [-0.25, -0.2) is 5.26 Å². The standard InChI is InChI=1S/C5H12O.CHN/c1-5(2,3)6-4;1-2/h1-4H3;1H. The first-order chi connectivity index (χ1) is 3.56. The molecule has 8 heavy (non-hydrogen) atoms. The third-order valence-electron chi connectivity index (χ3n) is 0.612. The van der Waals surface area contributed by atoms with Crippen LogP contribution in [0, 0.1) is 11.8 Å². The summed E-state index contributed by atoms with van der Waals surface area (Å²) in [4.78, 5) is 0. The largest absolute Gasteiger partial charge is 0.379 e. The zero-order valence-corrected chi connectivity index (χ0v) is 5.93. The lowest BCUT2D eigenvalue weighted by Gasteiger charge is -2.14. The number of methoxy groups -OCH3 is 1. The fourth-order valence-electron chi connectivity index (χ4n) is 0. The Kier molecular flexibility index (Phi) is 6.01. The lowest BCUT2D eigenvalue weighted by molar-refractivity contribution is 0.0397. The third-order valence-corrected chi connectivity index (χ3v) is 0.612. The average molecular weight is 115 g/mol. The van der Waals surface area contributed by atoms with Gasteiger partial charge in [0.15, 0.2) is 0 Å². The Labute approximate surface area is 51.1 Å². The maximum Gasteiger partial charge on any atom is 0.0594 e. The Morgan fingerprint density at radius 3 is 1.38 bits per heavy atom. The molecule has 0 bridgehead atoms. The van der Waals surface area contributed by atoms with E-state index in [1.54, 1.807) is 7.11 Å². The lowest BCUT2D eigenvalue weighted by Crippen LogP contribution is -2.15. The van der Waals surface area contributed by atoms with Crippen LogP contribution in [-0.2, 0) is 4.74 Å². The quantitative estimate of drug-likeness (QED) is 0.480. The van der Waals surface area contributed by atoms with Gasteiger partial charge in [-0.15, -0.1) is 0 Å². The molecule has 0 spiro atoms. The van der Waals surface area contributed by atoms with Gasteiger partial charge in [0.25, 0.3) is 0 Å². The molecular formula is C6H13NO. The highest BCUT2D eigenvalue weighted by Gasteiger charge is 2.03. The monoisotopic (exact) mass is 115 g/mol. The van der Waals surface area contributed by atoms with E-state index in [0.29, 0.717) is 0 Å². The summed E-state index contributed by atoms with van der Waals surface area (Å²) in [6.45, 7) is 9.56. The first kappa shape index (κ1) is 10.4. The van der Waals surface area contributed by atoms with E-state index in [0.717, 1.165) is 0 Å². The van der Waals surface area contributed by atoms with Crippen molar-refractivity contribution in [3.8, 4) is 6.57 Å². The van der Waals surface area contributed by atoms with Crippen molar-refractivity contribution in [2.45, 2.75) is 26.4 Å². The fraction of sp³-hybridized carbons (Fsp3) is 0.833. The Balaban J connectivity index is 0. The molecule has 0 aromatic carbocycles. The van der Waals surface area contributed by atoms with Gasteiger partial charge in [-0.1, -0.05) is 0 Å². The Morgan fingerprint density at radius 1 is 1.25 bits per heavy atom. The van der Waals surface area contributed by atoms with Gasteiger partial charge < -0.3 is 4.74 Å². The highest BCUT2D eigenvalue weighted by Crippen LogP contribution is 2.02. The summed E-state index contributed by atoms with van der Waals surface area (Å²) in [5.74, 6) is 0. The van der Waals surface area contributed by atoms with Crippen LogP contribution in [-0.4, -0.2) is 12.7 Å². The number of ether oxygens (including phenoxy) is 1. The van der Waals surface area contributed by atoms with Gasteiger partial charge in [0.2, 0.25) is 0 Å². The SMILES string of the molecule is C#N.COC(C)(C)C. The van der Waals surface area contributed by atoms with Gasteiger partial charge in [-0.2, -0.15) is 0 Å². The van der Waals surface area contributed by atoms with Crippen molar-refractivity contribution in [3.05, 3.63) is 0 Å². The Morgan fingerprint density at radius 2 is 1.38 bits per heavy atom. The van der Waals surface area contributed by atoms with Crippen LogP contribution in [0.4, 0.5) is 0 Å². The molecule has 0 aliphatic heterocycles. The van der Waals surface area contributed by atoms with Crippen LogP contribution < -0.4 is 0 Å². The van der Waals surface area contributed by atoms with E-state index in [-0.39, 0.29) is 5.60 Å². The van der Waals surface area contributed by atoms with E-state index in [1.165, 1.54) is 0 Å². The molecule has 2 heteroatoms. The van der Waals surface area contributed by atoms with Crippen molar-refractivity contribution in [1.29, 1.82) is 5.26 Å². The van der Waals surface area contributed by atoms with Crippen molar-refractivity contribution in [2.24, 2.45) is 0 Å². The minimum absolute atomic E-state index is 0.0417. The predicted molar refractivity (Wildman–Crippen MR) is 33.4 cm³/mol. The molecule has 0 aromatic rings. The van der Waals surface area contributed by atoms with Crippen LogP contribution in [0.15, 0.2) is 0 Å². The molecule has 0 aliphatic carbocycles. The van der Waals surface area contributed by atoms with E-state index in [4.69, 9.17) is 10.00 Å². The second kappa shape index (κ2) is 4.61. The van der Waals surface area contributed by atoms with Crippen molar-refractivity contribution >= 4 is 0 Å². The molecule has 0 N–H and O–H groups in total. The lowest BCUT2D eigenvalue weighted by atomic mass is 10.2. The normalized spacial score (nSPS) is 9.25. The predicted octanol–water partition coefficient (Wildman–Crippen LogP) is 1.57. The minimum Gasteiger partial charge on any atom is -0.379 e. The van der Waals surface area contributed by atoms with Crippen molar-refractivity contribution in [2.75, 3.05) is 7.11 Å². The number of nitriles is 1. The van der Waals surface area contributed by atoms with Crippen molar-refractivity contribution < 1.29 is 4.74 Å². The van der Waals surface area contributed by atoms with E-state index >= 15 is 0 Å². The summed E-state index contributed by atoms with van der Waals surface area (Å²) in [6.07, 6.45) is 0. The number of hydrogen-bond donors (Lipinski definition) is 0.